The van der Waals surface area contributed by atoms with E-state index in [9.17, 15) is 9.59 Å². The van der Waals surface area contributed by atoms with Crippen LogP contribution >= 0.6 is 0 Å². The number of carbonyl (C=O) groups is 2. The Bertz CT molecular complexity index is 439. The van der Waals surface area contributed by atoms with Crippen molar-refractivity contribution in [1.29, 1.82) is 0 Å². The highest BCUT2D eigenvalue weighted by Crippen LogP contribution is 2.21. The normalized spacial score (nSPS) is 19.5. The second kappa shape index (κ2) is 4.57. The third kappa shape index (κ3) is 2.64. The summed E-state index contributed by atoms with van der Waals surface area (Å²) >= 11 is 0. The Balaban J connectivity index is 2.10. The van der Waals surface area contributed by atoms with Gasteiger partial charge in [-0.1, -0.05) is 17.7 Å². The molecule has 1 N–H and O–H groups in total. The van der Waals surface area contributed by atoms with Crippen molar-refractivity contribution in [3.8, 4) is 0 Å². The van der Waals surface area contributed by atoms with Gasteiger partial charge in [0.2, 0.25) is 11.8 Å². The molecule has 1 aromatic carbocycles. The van der Waals surface area contributed by atoms with Crippen LogP contribution in [0.2, 0.25) is 0 Å². The number of hydrogen-bond acceptors (Lipinski definition) is 2. The molecular formula is C13H16N2O2. The number of anilines is 1. The van der Waals surface area contributed by atoms with Crippen LogP contribution in [-0.2, 0) is 9.59 Å². The number of amides is 2. The van der Waals surface area contributed by atoms with Crippen molar-refractivity contribution in [2.75, 3.05) is 11.4 Å². The van der Waals surface area contributed by atoms with Crippen molar-refractivity contribution in [2.45, 2.75) is 26.3 Å². The van der Waals surface area contributed by atoms with Gasteiger partial charge in [0.15, 0.2) is 0 Å². The maximum Gasteiger partial charge on any atom is 0.229 e. The number of rotatable bonds is 2. The van der Waals surface area contributed by atoms with E-state index >= 15 is 0 Å². The van der Waals surface area contributed by atoms with Gasteiger partial charge in [-0.05, 0) is 19.1 Å². The van der Waals surface area contributed by atoms with Crippen LogP contribution in [-0.4, -0.2) is 24.4 Å². The van der Waals surface area contributed by atoms with Gasteiger partial charge in [-0.3, -0.25) is 9.59 Å². The van der Waals surface area contributed by atoms with E-state index in [1.165, 1.54) is 12.5 Å². The molecule has 0 unspecified atom stereocenters. The monoisotopic (exact) mass is 232 g/mol. The number of nitrogens with one attached hydrogen (secondary N) is 1. The maximum absolute atomic E-state index is 11.8. The topological polar surface area (TPSA) is 49.4 Å². The first-order valence-corrected chi connectivity index (χ1v) is 5.70. The van der Waals surface area contributed by atoms with E-state index in [1.54, 1.807) is 4.90 Å². The van der Waals surface area contributed by atoms with Gasteiger partial charge in [0.1, 0.15) is 0 Å². The third-order valence-electron chi connectivity index (χ3n) is 2.88. The molecule has 90 valence electrons. The SMILES string of the molecule is CC(=O)N[C@H]1CC(=O)N(c2ccc(C)cc2)C1. The van der Waals surface area contributed by atoms with Crippen molar-refractivity contribution < 1.29 is 9.59 Å². The Morgan fingerprint density at radius 1 is 1.35 bits per heavy atom. The molecular weight excluding hydrogens is 216 g/mol. The second-order valence-electron chi connectivity index (χ2n) is 4.44. The zero-order valence-corrected chi connectivity index (χ0v) is 10.1. The fourth-order valence-electron chi connectivity index (χ4n) is 2.07. The van der Waals surface area contributed by atoms with Gasteiger partial charge in [0.25, 0.3) is 0 Å². The molecule has 4 nitrogen and oxygen atoms in total. The summed E-state index contributed by atoms with van der Waals surface area (Å²) in [7, 11) is 0. The quantitative estimate of drug-likeness (QED) is 0.834. The number of benzene rings is 1. The fourth-order valence-corrected chi connectivity index (χ4v) is 2.07. The predicted molar refractivity (Wildman–Crippen MR) is 65.8 cm³/mol. The highest BCUT2D eigenvalue weighted by atomic mass is 16.2. The van der Waals surface area contributed by atoms with Crippen molar-refractivity contribution >= 4 is 17.5 Å². The van der Waals surface area contributed by atoms with Crippen LogP contribution in [0, 0.1) is 6.92 Å². The summed E-state index contributed by atoms with van der Waals surface area (Å²) in [6.07, 6.45) is 0.382. The lowest BCUT2D eigenvalue weighted by atomic mass is 10.2. The highest BCUT2D eigenvalue weighted by Gasteiger charge is 2.30. The van der Waals surface area contributed by atoms with Crippen LogP contribution in [0.25, 0.3) is 0 Å². The molecule has 1 heterocycles. The molecule has 2 amide bonds. The minimum absolute atomic E-state index is 0.0626. The van der Waals surface area contributed by atoms with Crippen LogP contribution in [0.4, 0.5) is 5.69 Å². The van der Waals surface area contributed by atoms with Crippen molar-refractivity contribution in [3.63, 3.8) is 0 Å². The fraction of sp³-hybridized carbons (Fsp3) is 0.385. The summed E-state index contributed by atoms with van der Waals surface area (Å²) in [5, 5.41) is 2.78. The first-order chi connectivity index (χ1) is 8.06. The summed E-state index contributed by atoms with van der Waals surface area (Å²) in [6.45, 7) is 4.04. The minimum atomic E-state index is -0.0893. The molecule has 0 aliphatic carbocycles. The van der Waals surface area contributed by atoms with Crippen LogP contribution in [0.15, 0.2) is 24.3 Å². The number of carbonyl (C=O) groups excluding carboxylic acids is 2. The molecule has 0 spiro atoms. The van der Waals surface area contributed by atoms with Crippen LogP contribution < -0.4 is 10.2 Å². The summed E-state index contributed by atoms with van der Waals surface area (Å²) in [5.41, 5.74) is 2.06. The van der Waals surface area contributed by atoms with Crippen LogP contribution in [0.5, 0.6) is 0 Å². The largest absolute Gasteiger partial charge is 0.351 e. The van der Waals surface area contributed by atoms with Crippen molar-refractivity contribution in [3.05, 3.63) is 29.8 Å². The van der Waals surface area contributed by atoms with Gasteiger partial charge in [0, 0.05) is 25.6 Å². The van der Waals surface area contributed by atoms with Crippen molar-refractivity contribution in [1.82, 2.24) is 5.32 Å². The molecule has 1 fully saturated rings. The zero-order chi connectivity index (χ0) is 12.4. The van der Waals surface area contributed by atoms with E-state index in [0.29, 0.717) is 13.0 Å². The lowest BCUT2D eigenvalue weighted by molar-refractivity contribution is -0.119. The van der Waals surface area contributed by atoms with Gasteiger partial charge in [-0.25, -0.2) is 0 Å². The smallest absolute Gasteiger partial charge is 0.229 e. The summed E-state index contributed by atoms with van der Waals surface area (Å²) in [5.74, 6) is -0.0267. The van der Waals surface area contributed by atoms with Gasteiger partial charge >= 0.3 is 0 Å². The number of aryl methyl sites for hydroxylation is 1. The van der Waals surface area contributed by atoms with E-state index in [0.717, 1.165) is 5.69 Å². The summed E-state index contributed by atoms with van der Waals surface area (Å²) < 4.78 is 0. The average Bonchev–Trinajstić information content (AvgIpc) is 2.59. The average molecular weight is 232 g/mol. The predicted octanol–water partition coefficient (Wildman–Crippen LogP) is 1.24. The Morgan fingerprint density at radius 2 is 2.00 bits per heavy atom. The molecule has 17 heavy (non-hydrogen) atoms. The van der Waals surface area contributed by atoms with Gasteiger partial charge in [-0.15, -0.1) is 0 Å². The Labute approximate surface area is 101 Å². The summed E-state index contributed by atoms with van der Waals surface area (Å²) in [4.78, 5) is 24.5. The minimum Gasteiger partial charge on any atom is -0.351 e. The Kier molecular flexibility index (Phi) is 3.13. The van der Waals surface area contributed by atoms with Crippen LogP contribution in [0.3, 0.4) is 0 Å². The first-order valence-electron chi connectivity index (χ1n) is 5.70. The molecule has 1 saturated heterocycles. The van der Waals surface area contributed by atoms with Gasteiger partial charge in [-0.2, -0.15) is 0 Å². The lowest BCUT2D eigenvalue weighted by Gasteiger charge is -2.17. The van der Waals surface area contributed by atoms with E-state index in [1.807, 2.05) is 31.2 Å². The third-order valence-corrected chi connectivity index (χ3v) is 2.88. The van der Waals surface area contributed by atoms with E-state index < -0.39 is 0 Å². The number of hydrogen-bond donors (Lipinski definition) is 1. The van der Waals surface area contributed by atoms with Gasteiger partial charge < -0.3 is 10.2 Å². The molecule has 0 saturated carbocycles. The maximum atomic E-state index is 11.8. The van der Waals surface area contributed by atoms with E-state index in [-0.39, 0.29) is 17.9 Å². The molecule has 1 atom stereocenters. The highest BCUT2D eigenvalue weighted by molar-refractivity contribution is 5.96. The Morgan fingerprint density at radius 3 is 2.59 bits per heavy atom. The molecule has 0 radical (unpaired) electrons. The first kappa shape index (κ1) is 11.6. The molecule has 2 rings (SSSR count). The van der Waals surface area contributed by atoms with Gasteiger partial charge in [0.05, 0.1) is 6.04 Å². The van der Waals surface area contributed by atoms with E-state index in [2.05, 4.69) is 5.32 Å². The Hall–Kier alpha value is -1.84. The molecule has 1 aliphatic rings. The van der Waals surface area contributed by atoms with E-state index in [4.69, 9.17) is 0 Å². The molecule has 0 bridgehead atoms. The standard InChI is InChI=1S/C13H16N2O2/c1-9-3-5-12(6-4-9)15-8-11(7-13(15)17)14-10(2)16/h3-6,11H,7-8H2,1-2H3,(H,14,16)/t11-/m0/s1. The summed E-state index contributed by atoms with van der Waals surface area (Å²) in [6, 6.07) is 7.76. The molecule has 0 aromatic heterocycles. The van der Waals surface area contributed by atoms with Crippen LogP contribution in [0.1, 0.15) is 18.9 Å². The second-order valence-corrected chi connectivity index (χ2v) is 4.44. The van der Waals surface area contributed by atoms with Crippen molar-refractivity contribution in [2.24, 2.45) is 0 Å². The number of nitrogens with zero attached hydrogens (tertiary/aromatic N) is 1. The molecule has 1 aromatic rings. The zero-order valence-electron chi connectivity index (χ0n) is 10.1. The lowest BCUT2D eigenvalue weighted by Crippen LogP contribution is -2.35. The molecule has 1 aliphatic heterocycles. The molecule has 4 heteroatoms.